The second-order valence-electron chi connectivity index (χ2n) is 4.26. The Morgan fingerprint density at radius 1 is 1.27 bits per heavy atom. The molecule has 1 rings (SSSR count). The number of carbonyl (C=O) groups is 1. The van der Waals surface area contributed by atoms with Crippen LogP contribution in [0, 0.1) is 11.3 Å². The van der Waals surface area contributed by atoms with Crippen LogP contribution in [-0.4, -0.2) is 9.86 Å². The van der Waals surface area contributed by atoms with E-state index in [0.29, 0.717) is 11.0 Å². The minimum Gasteiger partial charge on any atom is -0.287 e. The highest BCUT2D eigenvalue weighted by Gasteiger charge is 2.59. The molecular formula is C9H16OS. The second-order valence-corrected chi connectivity index (χ2v) is 5.85. The van der Waals surface area contributed by atoms with Gasteiger partial charge < -0.3 is 0 Å². The van der Waals surface area contributed by atoms with Crippen LogP contribution in [0.3, 0.4) is 0 Å². The molecule has 1 nitrogen and oxygen atoms in total. The zero-order valence-corrected chi connectivity index (χ0v) is 8.71. The molecule has 1 aliphatic rings. The zero-order chi connectivity index (χ0) is 8.86. The molecular weight excluding hydrogens is 156 g/mol. The maximum Gasteiger partial charge on any atom is 0.197 e. The highest BCUT2D eigenvalue weighted by Crippen LogP contribution is 2.59. The van der Waals surface area contributed by atoms with Crippen LogP contribution in [0.25, 0.3) is 0 Å². The van der Waals surface area contributed by atoms with Gasteiger partial charge in [0.1, 0.15) is 0 Å². The summed E-state index contributed by atoms with van der Waals surface area (Å²) >= 11 is 1.48. The first kappa shape index (κ1) is 9.11. The van der Waals surface area contributed by atoms with E-state index in [1.165, 1.54) is 11.8 Å². The number of carbonyl (C=O) groups excluding carboxylic acids is 1. The molecule has 64 valence electrons. The van der Waals surface area contributed by atoms with E-state index in [4.69, 9.17) is 0 Å². The summed E-state index contributed by atoms with van der Waals surface area (Å²) < 4.78 is 0.137. The molecule has 1 fully saturated rings. The van der Waals surface area contributed by atoms with Crippen LogP contribution in [0.4, 0.5) is 0 Å². The van der Waals surface area contributed by atoms with Crippen LogP contribution in [-0.2, 0) is 4.79 Å². The third kappa shape index (κ3) is 0.952. The molecule has 0 aromatic carbocycles. The average molecular weight is 172 g/mol. The third-order valence-electron chi connectivity index (χ3n) is 3.18. The van der Waals surface area contributed by atoms with Crippen LogP contribution in [0.5, 0.6) is 0 Å². The molecule has 0 N–H and O–H groups in total. The van der Waals surface area contributed by atoms with Gasteiger partial charge in [0, 0.05) is 4.75 Å². The molecule has 0 saturated carbocycles. The maximum absolute atomic E-state index is 11.4. The average Bonchev–Trinajstić information content (AvgIpc) is 1.85. The summed E-state index contributed by atoms with van der Waals surface area (Å²) in [6, 6.07) is 0. The Morgan fingerprint density at radius 2 is 1.73 bits per heavy atom. The molecule has 1 saturated heterocycles. The SMILES string of the molecule is CC(C)C1(C)C(=O)SC1(C)C. The summed E-state index contributed by atoms with van der Waals surface area (Å²) in [4.78, 5) is 11.4. The van der Waals surface area contributed by atoms with Gasteiger partial charge in [-0.25, -0.2) is 0 Å². The standard InChI is InChI=1S/C9H16OS/c1-6(2)9(5)7(10)11-8(9,3)4/h6H,1-5H3. The first-order chi connectivity index (χ1) is 4.82. The molecule has 0 radical (unpaired) electrons. The van der Waals surface area contributed by atoms with Gasteiger partial charge in [-0.05, 0) is 19.8 Å². The fraction of sp³-hybridized carbons (Fsp3) is 0.889. The van der Waals surface area contributed by atoms with E-state index in [2.05, 4.69) is 34.6 Å². The van der Waals surface area contributed by atoms with E-state index in [0.717, 1.165) is 0 Å². The number of hydrogen-bond donors (Lipinski definition) is 0. The molecule has 0 aliphatic carbocycles. The van der Waals surface area contributed by atoms with Gasteiger partial charge in [-0.3, -0.25) is 4.79 Å². The summed E-state index contributed by atoms with van der Waals surface area (Å²) in [5.74, 6) is 0.450. The minimum absolute atomic E-state index is 0.0995. The molecule has 1 heterocycles. The topological polar surface area (TPSA) is 17.1 Å². The monoisotopic (exact) mass is 172 g/mol. The molecule has 11 heavy (non-hydrogen) atoms. The molecule has 0 spiro atoms. The Kier molecular flexibility index (Phi) is 1.87. The maximum atomic E-state index is 11.4. The zero-order valence-electron chi connectivity index (χ0n) is 7.89. The van der Waals surface area contributed by atoms with Gasteiger partial charge in [0.15, 0.2) is 5.12 Å². The highest BCUT2D eigenvalue weighted by molar-refractivity contribution is 8.17. The van der Waals surface area contributed by atoms with Crippen molar-refractivity contribution in [3.05, 3.63) is 0 Å². The van der Waals surface area contributed by atoms with Crippen molar-refractivity contribution in [2.45, 2.75) is 39.4 Å². The highest BCUT2D eigenvalue weighted by atomic mass is 32.2. The Hall–Kier alpha value is 0.0200. The van der Waals surface area contributed by atoms with Gasteiger partial charge in [0.2, 0.25) is 0 Å². The van der Waals surface area contributed by atoms with Crippen molar-refractivity contribution in [2.75, 3.05) is 0 Å². The third-order valence-corrected chi connectivity index (χ3v) is 4.72. The number of hydrogen-bond acceptors (Lipinski definition) is 2. The summed E-state index contributed by atoms with van der Waals surface area (Å²) in [7, 11) is 0. The summed E-state index contributed by atoms with van der Waals surface area (Å²) in [5.41, 5.74) is -0.0995. The molecule has 1 unspecified atom stereocenters. The smallest absolute Gasteiger partial charge is 0.197 e. The number of thioether (sulfide) groups is 1. The fourth-order valence-electron chi connectivity index (χ4n) is 1.57. The lowest BCUT2D eigenvalue weighted by atomic mass is 9.70. The van der Waals surface area contributed by atoms with Crippen LogP contribution in [0.1, 0.15) is 34.6 Å². The summed E-state index contributed by atoms with van der Waals surface area (Å²) in [5, 5.41) is 0.359. The predicted molar refractivity (Wildman–Crippen MR) is 49.6 cm³/mol. The summed E-state index contributed by atoms with van der Waals surface area (Å²) in [6.45, 7) is 10.6. The van der Waals surface area contributed by atoms with Crippen molar-refractivity contribution in [2.24, 2.45) is 11.3 Å². The van der Waals surface area contributed by atoms with Crippen LogP contribution < -0.4 is 0 Å². The van der Waals surface area contributed by atoms with E-state index in [-0.39, 0.29) is 10.2 Å². The van der Waals surface area contributed by atoms with Gasteiger partial charge in [-0.15, -0.1) is 0 Å². The van der Waals surface area contributed by atoms with Crippen molar-refractivity contribution >= 4 is 16.9 Å². The van der Waals surface area contributed by atoms with Crippen molar-refractivity contribution in [1.82, 2.24) is 0 Å². The van der Waals surface area contributed by atoms with E-state index in [9.17, 15) is 4.79 Å². The summed E-state index contributed by atoms with van der Waals surface area (Å²) in [6.07, 6.45) is 0. The first-order valence-corrected chi connectivity index (χ1v) is 4.87. The van der Waals surface area contributed by atoms with Gasteiger partial charge in [-0.2, -0.15) is 0 Å². The number of rotatable bonds is 1. The lowest BCUT2D eigenvalue weighted by Gasteiger charge is -2.53. The van der Waals surface area contributed by atoms with Gasteiger partial charge >= 0.3 is 0 Å². The fourth-order valence-corrected chi connectivity index (χ4v) is 3.13. The minimum atomic E-state index is -0.0995. The normalized spacial score (nSPS) is 35.6. The largest absolute Gasteiger partial charge is 0.287 e. The Balaban J connectivity index is 2.92. The molecule has 0 aromatic rings. The van der Waals surface area contributed by atoms with Crippen LogP contribution >= 0.6 is 11.8 Å². The van der Waals surface area contributed by atoms with Crippen molar-refractivity contribution < 1.29 is 4.79 Å². The van der Waals surface area contributed by atoms with Gasteiger partial charge in [-0.1, -0.05) is 32.5 Å². The van der Waals surface area contributed by atoms with E-state index >= 15 is 0 Å². The van der Waals surface area contributed by atoms with Crippen LogP contribution in [0.15, 0.2) is 0 Å². The molecule has 1 atom stereocenters. The lowest BCUT2D eigenvalue weighted by molar-refractivity contribution is -0.126. The van der Waals surface area contributed by atoms with E-state index < -0.39 is 0 Å². The van der Waals surface area contributed by atoms with Crippen molar-refractivity contribution in [1.29, 1.82) is 0 Å². The lowest BCUT2D eigenvalue weighted by Crippen LogP contribution is -2.57. The first-order valence-electron chi connectivity index (χ1n) is 4.06. The predicted octanol–water partition coefficient (Wildman–Crippen LogP) is 2.70. The molecule has 0 amide bonds. The molecule has 0 aromatic heterocycles. The van der Waals surface area contributed by atoms with Crippen LogP contribution in [0.2, 0.25) is 0 Å². The molecule has 1 aliphatic heterocycles. The Bertz CT molecular complexity index is 196. The Labute approximate surface area is 72.9 Å². The Morgan fingerprint density at radius 3 is 1.82 bits per heavy atom. The van der Waals surface area contributed by atoms with Gasteiger partial charge in [0.25, 0.3) is 0 Å². The quantitative estimate of drug-likeness (QED) is 0.605. The van der Waals surface area contributed by atoms with Crippen molar-refractivity contribution in [3.63, 3.8) is 0 Å². The molecule has 2 heteroatoms. The van der Waals surface area contributed by atoms with E-state index in [1.54, 1.807) is 0 Å². The van der Waals surface area contributed by atoms with Crippen molar-refractivity contribution in [3.8, 4) is 0 Å². The molecule has 0 bridgehead atoms. The second kappa shape index (κ2) is 2.25. The van der Waals surface area contributed by atoms with E-state index in [1.807, 2.05) is 0 Å². The van der Waals surface area contributed by atoms with Gasteiger partial charge in [0.05, 0.1) is 5.41 Å².